The third-order valence-corrected chi connectivity index (χ3v) is 11.0. The van der Waals surface area contributed by atoms with Crippen LogP contribution in [0.4, 0.5) is 0 Å². The van der Waals surface area contributed by atoms with Gasteiger partial charge in [-0.3, -0.25) is 9.36 Å². The van der Waals surface area contributed by atoms with Crippen LogP contribution in [0.1, 0.15) is 155 Å². The Bertz CT molecular complexity index is 1570. The zero-order valence-corrected chi connectivity index (χ0v) is 43.0. The summed E-state index contributed by atoms with van der Waals surface area (Å²) in [5.41, 5.74) is 0. The quantitative estimate of drug-likeness (QED) is 0.0273. The molecule has 0 radical (unpaired) electrons. The van der Waals surface area contributed by atoms with Crippen LogP contribution in [0.2, 0.25) is 0 Å². The maximum Gasteiger partial charge on any atom is 0.268 e. The lowest BCUT2D eigenvalue weighted by molar-refractivity contribution is -0.870. The third kappa shape index (κ3) is 48.3. The number of rotatable bonds is 43. The summed E-state index contributed by atoms with van der Waals surface area (Å²) in [5.74, 6) is -0.242. The summed E-state index contributed by atoms with van der Waals surface area (Å²) in [6, 6.07) is -0.912. The van der Waals surface area contributed by atoms with Crippen LogP contribution in [0, 0.1) is 0 Å². The summed E-state index contributed by atoms with van der Waals surface area (Å²) in [6.45, 7) is 4.40. The molecule has 0 aliphatic carbocycles. The maximum atomic E-state index is 12.8. The van der Waals surface area contributed by atoms with Crippen molar-refractivity contribution in [1.82, 2.24) is 5.32 Å². The number of allylic oxidation sites excluding steroid dienone is 23. The van der Waals surface area contributed by atoms with Crippen molar-refractivity contribution < 1.29 is 32.9 Å². The van der Waals surface area contributed by atoms with Crippen LogP contribution in [0.25, 0.3) is 0 Å². The highest BCUT2D eigenvalue weighted by Crippen LogP contribution is 2.38. The molecule has 9 heteroatoms. The molecule has 0 aliphatic heterocycles. The molecule has 0 rings (SSSR count). The van der Waals surface area contributed by atoms with Crippen molar-refractivity contribution >= 4 is 13.7 Å². The minimum absolute atomic E-state index is 0.0168. The average Bonchev–Trinajstić information content (AvgIpc) is 3.28. The number of nitrogens with zero attached hydrogens (tertiary/aromatic N) is 1. The summed E-state index contributed by atoms with van der Waals surface area (Å²) < 4.78 is 23.1. The Labute approximate surface area is 404 Å². The van der Waals surface area contributed by atoms with Crippen molar-refractivity contribution in [1.29, 1.82) is 0 Å². The Morgan fingerprint density at radius 3 is 1.33 bits per heavy atom. The van der Waals surface area contributed by atoms with Gasteiger partial charge in [-0.1, -0.05) is 192 Å². The molecule has 0 aromatic rings. The molecular weight excluding hydrogens is 840 g/mol. The fraction of sp³-hybridized carbons (Fsp3) is 0.561. The lowest BCUT2D eigenvalue weighted by Gasteiger charge is -2.29. The number of phosphoric acid groups is 1. The van der Waals surface area contributed by atoms with Crippen molar-refractivity contribution in [2.75, 3.05) is 40.9 Å². The number of carbonyl (C=O) groups excluding carboxylic acids is 1. The monoisotopic (exact) mass is 933 g/mol. The zero-order valence-electron chi connectivity index (χ0n) is 42.1. The molecule has 372 valence electrons. The van der Waals surface area contributed by atoms with Gasteiger partial charge in [0.1, 0.15) is 13.2 Å². The van der Waals surface area contributed by atoms with Gasteiger partial charge in [-0.2, -0.15) is 0 Å². The lowest BCUT2D eigenvalue weighted by atomic mass is 10.1. The second-order valence-electron chi connectivity index (χ2n) is 17.4. The van der Waals surface area contributed by atoms with Crippen LogP contribution in [-0.2, 0) is 18.4 Å². The molecule has 0 aromatic carbocycles. The van der Waals surface area contributed by atoms with E-state index in [1.807, 2.05) is 27.2 Å². The molecule has 1 amide bonds. The molecule has 0 fully saturated rings. The van der Waals surface area contributed by atoms with Gasteiger partial charge in [0, 0.05) is 6.42 Å². The average molecular weight is 933 g/mol. The van der Waals surface area contributed by atoms with E-state index in [1.165, 1.54) is 19.3 Å². The standard InChI is InChI=1S/C57H93N2O6P/c1-6-8-10-12-14-15-16-17-18-19-20-21-22-23-24-25-26-27-28-29-30-31-32-33-34-35-36-37-38-39-40-41-42-43-45-47-49-51-57(61)58-55(56(60)50-48-46-44-13-11-9-7-2)54-65-66(62,63)64-53-52-59(3,4)5/h8,10,14-15,17-18,20-21,23-24,26-27,29-30,32-33,35-36,38-39,41-42,48,50,55-56,60H,6-7,9,11-13,16,19,22,25,28,31,34,37,40,43-47,49,51-54H2,1-5H3,(H-,58,61,62,63)/b10-8-,15-14-,18-17-,21-20-,24-23-,27-26-,30-29-,33-32-,36-35-,39-38-,42-41-,50-48+. The molecule has 3 atom stereocenters. The van der Waals surface area contributed by atoms with Gasteiger partial charge in [0.15, 0.2) is 0 Å². The van der Waals surface area contributed by atoms with Crippen molar-refractivity contribution in [2.24, 2.45) is 0 Å². The number of hydrogen-bond acceptors (Lipinski definition) is 6. The highest BCUT2D eigenvalue weighted by Gasteiger charge is 2.23. The molecule has 66 heavy (non-hydrogen) atoms. The van der Waals surface area contributed by atoms with E-state index in [0.29, 0.717) is 17.4 Å². The number of amides is 1. The van der Waals surface area contributed by atoms with Crippen molar-refractivity contribution in [3.8, 4) is 0 Å². The number of phosphoric ester groups is 1. The molecule has 0 spiro atoms. The summed E-state index contributed by atoms with van der Waals surface area (Å²) in [6.07, 6.45) is 72.3. The number of nitrogens with one attached hydrogen (secondary N) is 1. The van der Waals surface area contributed by atoms with Gasteiger partial charge in [0.2, 0.25) is 5.91 Å². The van der Waals surface area contributed by atoms with Crippen molar-refractivity contribution in [3.05, 3.63) is 146 Å². The highest BCUT2D eigenvalue weighted by atomic mass is 31.2. The zero-order chi connectivity index (χ0) is 48.5. The molecular formula is C57H93N2O6P. The van der Waals surface area contributed by atoms with Gasteiger partial charge in [-0.25, -0.2) is 0 Å². The number of quaternary nitrogens is 1. The van der Waals surface area contributed by atoms with Gasteiger partial charge in [0.25, 0.3) is 7.82 Å². The smallest absolute Gasteiger partial charge is 0.268 e. The van der Waals surface area contributed by atoms with E-state index in [1.54, 1.807) is 6.08 Å². The Morgan fingerprint density at radius 2 is 0.924 bits per heavy atom. The fourth-order valence-electron chi connectivity index (χ4n) is 6.09. The third-order valence-electron chi connectivity index (χ3n) is 10.1. The largest absolute Gasteiger partial charge is 0.756 e. The SMILES string of the molecule is CC/C=C\C/C=C\C/C=C\C/C=C\C/C=C\C/C=C\C/C=C\C/C=C\C/C=C\C/C=C\C/C=C\CCCCCC(=O)NC(COP(=O)([O-])OCC[N+](C)(C)C)C(O)/C=C/CCCCCCC. The normalized spacial score (nSPS) is 15.3. The Hall–Kier alpha value is -3.62. The first-order valence-corrected chi connectivity index (χ1v) is 26.7. The van der Waals surface area contributed by atoms with Gasteiger partial charge in [0.05, 0.1) is 39.9 Å². The van der Waals surface area contributed by atoms with Crippen molar-refractivity contribution in [2.45, 2.75) is 167 Å². The van der Waals surface area contributed by atoms with E-state index in [-0.39, 0.29) is 18.9 Å². The molecule has 0 aliphatic rings. The van der Waals surface area contributed by atoms with Crippen LogP contribution < -0.4 is 10.2 Å². The van der Waals surface area contributed by atoms with E-state index in [9.17, 15) is 19.4 Å². The van der Waals surface area contributed by atoms with Gasteiger partial charge in [-0.05, 0) is 103 Å². The number of likely N-dealkylation sites (N-methyl/N-ethyl adjacent to an activating group) is 1. The van der Waals surface area contributed by atoms with Gasteiger partial charge in [-0.15, -0.1) is 0 Å². The molecule has 0 saturated carbocycles. The number of aliphatic hydroxyl groups excluding tert-OH is 1. The van der Waals surface area contributed by atoms with Gasteiger partial charge >= 0.3 is 0 Å². The lowest BCUT2D eigenvalue weighted by Crippen LogP contribution is -2.45. The Balaban J connectivity index is 4.16. The van der Waals surface area contributed by atoms with Crippen LogP contribution in [0.15, 0.2) is 146 Å². The van der Waals surface area contributed by atoms with E-state index in [4.69, 9.17) is 9.05 Å². The first-order chi connectivity index (χ1) is 32.0. The predicted octanol–water partition coefficient (Wildman–Crippen LogP) is 14.3. The van der Waals surface area contributed by atoms with Crippen molar-refractivity contribution in [3.63, 3.8) is 0 Å². The molecule has 8 nitrogen and oxygen atoms in total. The van der Waals surface area contributed by atoms with E-state index in [2.05, 4.69) is 153 Å². The summed E-state index contributed by atoms with van der Waals surface area (Å²) >= 11 is 0. The second kappa shape index (κ2) is 46.5. The maximum absolute atomic E-state index is 12.8. The second-order valence-corrected chi connectivity index (χ2v) is 18.8. The fourth-order valence-corrected chi connectivity index (χ4v) is 6.82. The molecule has 0 aromatic heterocycles. The van der Waals surface area contributed by atoms with E-state index >= 15 is 0 Å². The first kappa shape index (κ1) is 62.4. The number of hydrogen-bond donors (Lipinski definition) is 2. The summed E-state index contributed by atoms with van der Waals surface area (Å²) in [5, 5.41) is 13.6. The highest BCUT2D eigenvalue weighted by molar-refractivity contribution is 7.45. The van der Waals surface area contributed by atoms with Crippen LogP contribution in [-0.4, -0.2) is 68.5 Å². The topological polar surface area (TPSA) is 108 Å². The number of carbonyl (C=O) groups is 1. The van der Waals surface area contributed by atoms with Gasteiger partial charge < -0.3 is 28.8 Å². The molecule has 3 unspecified atom stereocenters. The Kier molecular flexibility index (Phi) is 43.9. The van der Waals surface area contributed by atoms with Crippen LogP contribution >= 0.6 is 7.82 Å². The predicted molar refractivity (Wildman–Crippen MR) is 283 cm³/mol. The van der Waals surface area contributed by atoms with Crippen LogP contribution in [0.5, 0.6) is 0 Å². The molecule has 0 heterocycles. The number of aliphatic hydroxyl groups is 1. The molecule has 2 N–H and O–H groups in total. The minimum Gasteiger partial charge on any atom is -0.756 e. The van der Waals surface area contributed by atoms with E-state index < -0.39 is 26.6 Å². The first-order valence-electron chi connectivity index (χ1n) is 25.2. The molecule has 0 bridgehead atoms. The Morgan fingerprint density at radius 1 is 0.545 bits per heavy atom. The minimum atomic E-state index is -4.60. The van der Waals surface area contributed by atoms with Crippen LogP contribution in [0.3, 0.4) is 0 Å². The summed E-state index contributed by atoms with van der Waals surface area (Å²) in [4.78, 5) is 25.2. The molecule has 0 saturated heterocycles. The summed E-state index contributed by atoms with van der Waals surface area (Å²) in [7, 11) is 1.21. The number of unbranched alkanes of at least 4 members (excludes halogenated alkanes) is 8. The van der Waals surface area contributed by atoms with E-state index in [0.717, 1.165) is 109 Å².